The molecule has 3 aromatic rings. The molecule has 6 nitrogen and oxygen atoms in total. The largest absolute Gasteiger partial charge is 0.427 e. The second-order valence-electron chi connectivity index (χ2n) is 9.34. The van der Waals surface area contributed by atoms with E-state index in [2.05, 4.69) is 0 Å². The first-order chi connectivity index (χ1) is 16.4. The molecule has 2 amide bonds. The Bertz CT molecular complexity index is 1360. The molecule has 0 saturated carbocycles. The Morgan fingerprint density at radius 2 is 1.32 bits per heavy atom. The van der Waals surface area contributed by atoms with Gasteiger partial charge in [0.05, 0.1) is 22.9 Å². The molecule has 168 valence electrons. The zero-order chi connectivity index (χ0) is 23.8. The van der Waals surface area contributed by atoms with E-state index in [1.54, 1.807) is 24.3 Å². The molecule has 2 atom stereocenters. The molecule has 0 spiro atoms. The van der Waals surface area contributed by atoms with Gasteiger partial charge < -0.3 is 9.53 Å². The van der Waals surface area contributed by atoms with Crippen LogP contribution in [0.5, 0.6) is 5.75 Å². The summed E-state index contributed by atoms with van der Waals surface area (Å²) in [6.45, 7) is 3.31. The summed E-state index contributed by atoms with van der Waals surface area (Å²) in [6, 6.07) is 21.6. The van der Waals surface area contributed by atoms with Gasteiger partial charge >= 0.3 is 5.97 Å². The number of aldehydes is 1. The van der Waals surface area contributed by atoms with Crippen LogP contribution in [0.2, 0.25) is 0 Å². The van der Waals surface area contributed by atoms with Crippen LogP contribution in [0, 0.1) is 11.8 Å². The van der Waals surface area contributed by atoms with Crippen molar-refractivity contribution in [2.45, 2.75) is 24.7 Å². The molecule has 1 fully saturated rings. The standard InChI is InChI=1S/C28H21NO5/c1-16(31)34-18-13-11-17(12-14-18)29-25(32)23-24(26(29)33)28(15-30)21-9-5-3-7-19(21)27(23,2)20-8-4-6-10-22(20)28/h3-15,23-24H,1-2H3/t23-,24-,27?,28?/m0/s1. The fourth-order valence-corrected chi connectivity index (χ4v) is 6.55. The maximum atomic E-state index is 14.0. The zero-order valence-electron chi connectivity index (χ0n) is 18.6. The van der Waals surface area contributed by atoms with Crippen LogP contribution in [0.25, 0.3) is 0 Å². The Morgan fingerprint density at radius 1 is 0.824 bits per heavy atom. The summed E-state index contributed by atoms with van der Waals surface area (Å²) in [4.78, 5) is 53.5. The highest BCUT2D eigenvalue weighted by Crippen LogP contribution is 2.66. The lowest BCUT2D eigenvalue weighted by molar-refractivity contribution is -0.132. The predicted octanol–water partition coefficient (Wildman–Crippen LogP) is 3.54. The van der Waals surface area contributed by atoms with Crippen molar-refractivity contribution in [3.63, 3.8) is 0 Å². The summed E-state index contributed by atoms with van der Waals surface area (Å²) in [7, 11) is 0. The fraction of sp³-hybridized carbons (Fsp3) is 0.214. The number of ether oxygens (including phenoxy) is 1. The van der Waals surface area contributed by atoms with Crippen LogP contribution in [0.4, 0.5) is 5.69 Å². The van der Waals surface area contributed by atoms with Crippen molar-refractivity contribution in [3.8, 4) is 5.75 Å². The normalized spacial score (nSPS) is 28.2. The van der Waals surface area contributed by atoms with Crippen LogP contribution < -0.4 is 9.64 Å². The third kappa shape index (κ3) is 2.25. The lowest BCUT2D eigenvalue weighted by Gasteiger charge is -2.56. The number of carbonyl (C=O) groups is 4. The molecule has 1 saturated heterocycles. The number of anilines is 1. The Hall–Kier alpha value is -4.06. The molecule has 7 rings (SSSR count). The third-order valence-electron chi connectivity index (χ3n) is 7.83. The lowest BCUT2D eigenvalue weighted by Crippen LogP contribution is -2.61. The molecule has 0 N–H and O–H groups in total. The van der Waals surface area contributed by atoms with Crippen LogP contribution in [-0.2, 0) is 30.0 Å². The van der Waals surface area contributed by atoms with Gasteiger partial charge in [-0.15, -0.1) is 0 Å². The average molecular weight is 451 g/mol. The Kier molecular flexibility index (Phi) is 4.07. The molecular formula is C28H21NO5. The Balaban J connectivity index is 1.57. The number of carbonyl (C=O) groups excluding carboxylic acids is 4. The average Bonchev–Trinajstić information content (AvgIpc) is 3.12. The first-order valence-electron chi connectivity index (χ1n) is 11.2. The zero-order valence-corrected chi connectivity index (χ0v) is 18.6. The molecule has 1 aliphatic heterocycles. The minimum Gasteiger partial charge on any atom is -0.427 e. The van der Waals surface area contributed by atoms with E-state index in [4.69, 9.17) is 4.74 Å². The van der Waals surface area contributed by atoms with Crippen LogP contribution >= 0.6 is 0 Å². The summed E-state index contributed by atoms with van der Waals surface area (Å²) >= 11 is 0. The number of nitrogens with zero attached hydrogens (tertiary/aromatic N) is 1. The topological polar surface area (TPSA) is 80.8 Å². The third-order valence-corrected chi connectivity index (χ3v) is 7.83. The van der Waals surface area contributed by atoms with Gasteiger partial charge in [-0.25, -0.2) is 4.90 Å². The van der Waals surface area contributed by atoms with E-state index in [0.717, 1.165) is 28.5 Å². The van der Waals surface area contributed by atoms with Gasteiger partial charge in [0.25, 0.3) is 0 Å². The molecule has 3 aliphatic carbocycles. The van der Waals surface area contributed by atoms with Gasteiger partial charge in [-0.1, -0.05) is 55.5 Å². The van der Waals surface area contributed by atoms with Crippen molar-refractivity contribution in [3.05, 3.63) is 95.1 Å². The van der Waals surface area contributed by atoms with E-state index in [0.29, 0.717) is 11.4 Å². The quantitative estimate of drug-likeness (QED) is 0.263. The summed E-state index contributed by atoms with van der Waals surface area (Å²) in [5.74, 6) is -2.42. The van der Waals surface area contributed by atoms with Crippen molar-refractivity contribution in [1.29, 1.82) is 0 Å². The van der Waals surface area contributed by atoms with E-state index >= 15 is 0 Å². The van der Waals surface area contributed by atoms with Gasteiger partial charge in [-0.05, 0) is 46.5 Å². The molecule has 4 aliphatic rings. The maximum absolute atomic E-state index is 14.0. The summed E-state index contributed by atoms with van der Waals surface area (Å²) in [6.07, 6.45) is 0.861. The van der Waals surface area contributed by atoms with Crippen LogP contribution in [0.1, 0.15) is 36.1 Å². The number of esters is 1. The van der Waals surface area contributed by atoms with E-state index < -0.39 is 34.5 Å². The molecule has 3 aromatic carbocycles. The van der Waals surface area contributed by atoms with Crippen molar-refractivity contribution >= 4 is 29.8 Å². The number of hydrogen-bond acceptors (Lipinski definition) is 5. The van der Waals surface area contributed by atoms with E-state index in [1.807, 2.05) is 55.5 Å². The number of rotatable bonds is 3. The van der Waals surface area contributed by atoms with Gasteiger partial charge in [0.1, 0.15) is 12.0 Å². The van der Waals surface area contributed by atoms with Crippen molar-refractivity contribution in [2.24, 2.45) is 11.8 Å². The Morgan fingerprint density at radius 3 is 1.82 bits per heavy atom. The highest BCUT2D eigenvalue weighted by molar-refractivity contribution is 6.25. The van der Waals surface area contributed by atoms with E-state index in [9.17, 15) is 19.2 Å². The second-order valence-corrected chi connectivity index (χ2v) is 9.34. The molecule has 6 heteroatoms. The number of imide groups is 1. The maximum Gasteiger partial charge on any atom is 0.308 e. The van der Waals surface area contributed by atoms with Crippen molar-refractivity contribution in [1.82, 2.24) is 0 Å². The molecule has 0 aromatic heterocycles. The van der Waals surface area contributed by atoms with Gasteiger partial charge in [0.2, 0.25) is 11.8 Å². The number of benzene rings is 3. The molecular weight excluding hydrogens is 430 g/mol. The molecule has 2 bridgehead atoms. The monoisotopic (exact) mass is 451 g/mol. The molecule has 1 heterocycles. The van der Waals surface area contributed by atoms with Crippen LogP contribution in [0.3, 0.4) is 0 Å². The first-order valence-corrected chi connectivity index (χ1v) is 11.2. The van der Waals surface area contributed by atoms with E-state index in [1.165, 1.54) is 11.8 Å². The Labute approximate surface area is 196 Å². The van der Waals surface area contributed by atoms with Crippen LogP contribution in [-0.4, -0.2) is 24.1 Å². The highest BCUT2D eigenvalue weighted by Gasteiger charge is 2.72. The summed E-state index contributed by atoms with van der Waals surface area (Å²) in [5.41, 5.74) is 1.79. The number of hydrogen-bond donors (Lipinski definition) is 0. The predicted molar refractivity (Wildman–Crippen MR) is 123 cm³/mol. The summed E-state index contributed by atoms with van der Waals surface area (Å²) in [5, 5.41) is 0. The van der Waals surface area contributed by atoms with Gasteiger partial charge in [0, 0.05) is 12.3 Å². The van der Waals surface area contributed by atoms with Crippen LogP contribution in [0.15, 0.2) is 72.8 Å². The van der Waals surface area contributed by atoms with Gasteiger partial charge in [-0.3, -0.25) is 14.4 Å². The first kappa shape index (κ1) is 20.5. The van der Waals surface area contributed by atoms with Crippen molar-refractivity contribution in [2.75, 3.05) is 4.90 Å². The van der Waals surface area contributed by atoms with Crippen molar-refractivity contribution < 1.29 is 23.9 Å². The van der Waals surface area contributed by atoms with Gasteiger partial charge in [0.15, 0.2) is 0 Å². The molecule has 34 heavy (non-hydrogen) atoms. The van der Waals surface area contributed by atoms with E-state index in [-0.39, 0.29) is 5.91 Å². The minimum absolute atomic E-state index is 0.323. The second kappa shape index (κ2) is 6.73. The highest BCUT2D eigenvalue weighted by atomic mass is 16.5. The smallest absolute Gasteiger partial charge is 0.308 e. The SMILES string of the molecule is CC(=O)Oc1ccc(N2C(=O)[C@@H]3[C@@H](C2=O)C2(C=O)c4ccccc4C3(C)c3ccccc32)cc1. The summed E-state index contributed by atoms with van der Waals surface area (Å²) < 4.78 is 5.08. The fourth-order valence-electron chi connectivity index (χ4n) is 6.55. The van der Waals surface area contributed by atoms with Gasteiger partial charge in [-0.2, -0.15) is 0 Å². The minimum atomic E-state index is -1.24. The molecule has 0 radical (unpaired) electrons. The lowest BCUT2D eigenvalue weighted by atomic mass is 9.42. The number of amides is 2. The molecule has 0 unspecified atom stereocenters.